The lowest BCUT2D eigenvalue weighted by atomic mass is 9.84. The van der Waals surface area contributed by atoms with E-state index in [1.807, 2.05) is 25.1 Å². The third-order valence-electron chi connectivity index (χ3n) is 5.96. The molecule has 0 spiro atoms. The lowest BCUT2D eigenvalue weighted by molar-refractivity contribution is -0.122. The minimum absolute atomic E-state index is 0.101. The maximum atomic E-state index is 15.1. The Morgan fingerprint density at radius 2 is 1.65 bits per heavy atom. The summed E-state index contributed by atoms with van der Waals surface area (Å²) in [7, 11) is 0. The van der Waals surface area contributed by atoms with Crippen molar-refractivity contribution in [3.8, 4) is 11.8 Å². The highest BCUT2D eigenvalue weighted by Crippen LogP contribution is 2.40. The smallest absolute Gasteiger partial charge is 0.314 e. The first-order chi connectivity index (χ1) is 16.2. The predicted molar refractivity (Wildman–Crippen MR) is 125 cm³/mol. The van der Waals surface area contributed by atoms with Gasteiger partial charge < -0.3 is 4.90 Å². The van der Waals surface area contributed by atoms with Crippen LogP contribution < -0.4 is 4.90 Å². The average molecular weight is 459 g/mol. The van der Waals surface area contributed by atoms with Crippen LogP contribution in [0.2, 0.25) is 0 Å². The molecule has 2 heterocycles. The molecule has 5 nitrogen and oxygen atoms in total. The molecular weight excluding hydrogens is 436 g/mol. The van der Waals surface area contributed by atoms with E-state index in [0.29, 0.717) is 10.5 Å². The van der Waals surface area contributed by atoms with Crippen LogP contribution >= 0.6 is 0 Å². The van der Waals surface area contributed by atoms with E-state index in [0.717, 1.165) is 23.4 Å². The van der Waals surface area contributed by atoms with Crippen molar-refractivity contribution in [2.24, 2.45) is 0 Å². The van der Waals surface area contributed by atoms with Gasteiger partial charge in [0.2, 0.25) is 5.91 Å². The topological polar surface area (TPSA) is 53.5 Å². The fraction of sp³-hybridized carbons (Fsp3) is 0.222. The second-order valence-corrected chi connectivity index (χ2v) is 8.30. The molecule has 4 rings (SSSR count). The molecule has 1 aromatic heterocycles. The summed E-state index contributed by atoms with van der Waals surface area (Å²) in [4.78, 5) is 32.8. The Morgan fingerprint density at radius 1 is 1.00 bits per heavy atom. The summed E-state index contributed by atoms with van der Waals surface area (Å²) < 4.78 is 30.2. The number of aromatic nitrogens is 1. The van der Waals surface area contributed by atoms with Gasteiger partial charge in [0.25, 0.3) is 0 Å². The van der Waals surface area contributed by atoms with E-state index in [4.69, 9.17) is 0 Å². The van der Waals surface area contributed by atoms with E-state index < -0.39 is 34.8 Å². The molecule has 0 bridgehead atoms. The molecule has 1 unspecified atom stereocenters. The Hall–Kier alpha value is -4.05. The number of rotatable bonds is 3. The summed E-state index contributed by atoms with van der Waals surface area (Å²) in [6.45, 7) is 5.58. The number of nitrogens with zero attached hydrogens (tertiary/aromatic N) is 3. The third-order valence-corrected chi connectivity index (χ3v) is 5.96. The SMILES string of the molecule is CCN1C(=O)N(c2c(F)cc(C#Cc3ccccc3)cc2F)C(=O)CC1(C)c1ccnc(C)c1. The molecule has 1 atom stereocenters. The van der Waals surface area contributed by atoms with Crippen molar-refractivity contribution < 1.29 is 18.4 Å². The van der Waals surface area contributed by atoms with E-state index in [2.05, 4.69) is 16.8 Å². The first-order valence-corrected chi connectivity index (χ1v) is 10.9. The second-order valence-electron chi connectivity index (χ2n) is 8.30. The maximum absolute atomic E-state index is 15.1. The molecule has 1 aliphatic rings. The van der Waals surface area contributed by atoms with E-state index in [9.17, 15) is 9.59 Å². The molecule has 7 heteroatoms. The molecule has 1 fully saturated rings. The highest BCUT2D eigenvalue weighted by molar-refractivity contribution is 6.16. The number of aryl methyl sites for hydroxylation is 1. The summed E-state index contributed by atoms with van der Waals surface area (Å²) in [6.07, 6.45) is 1.48. The summed E-state index contributed by atoms with van der Waals surface area (Å²) >= 11 is 0. The van der Waals surface area contributed by atoms with Crippen molar-refractivity contribution in [1.82, 2.24) is 9.88 Å². The first-order valence-electron chi connectivity index (χ1n) is 10.9. The van der Waals surface area contributed by atoms with Crippen LogP contribution in [0.15, 0.2) is 60.8 Å². The van der Waals surface area contributed by atoms with Gasteiger partial charge in [-0.3, -0.25) is 9.78 Å². The molecule has 3 amide bonds. The summed E-state index contributed by atoms with van der Waals surface area (Å²) in [5.41, 5.74) is 0.604. The minimum atomic E-state index is -1.03. The molecule has 0 aliphatic carbocycles. The Morgan fingerprint density at radius 3 is 2.26 bits per heavy atom. The van der Waals surface area contributed by atoms with E-state index in [-0.39, 0.29) is 18.5 Å². The van der Waals surface area contributed by atoms with E-state index >= 15 is 8.78 Å². The Bertz CT molecular complexity index is 1310. The van der Waals surface area contributed by atoms with Crippen LogP contribution in [0.25, 0.3) is 0 Å². The number of pyridine rings is 1. The Balaban J connectivity index is 1.71. The number of amides is 3. The second kappa shape index (κ2) is 9.06. The Labute approximate surface area is 197 Å². The molecule has 34 heavy (non-hydrogen) atoms. The molecular formula is C27H23F2N3O2. The number of benzene rings is 2. The fourth-order valence-electron chi connectivity index (χ4n) is 4.27. The van der Waals surface area contributed by atoms with Crippen LogP contribution in [0.4, 0.5) is 19.3 Å². The van der Waals surface area contributed by atoms with Gasteiger partial charge in [0.15, 0.2) is 11.6 Å². The molecule has 0 radical (unpaired) electrons. The molecule has 1 saturated heterocycles. The Kier molecular flexibility index (Phi) is 6.16. The number of carbonyl (C=O) groups excluding carboxylic acids is 2. The van der Waals surface area contributed by atoms with Gasteiger partial charge in [0.05, 0.1) is 12.0 Å². The lowest BCUT2D eigenvalue weighted by Gasteiger charge is -2.47. The van der Waals surface area contributed by atoms with E-state index in [1.54, 1.807) is 44.3 Å². The largest absolute Gasteiger partial charge is 0.332 e. The van der Waals surface area contributed by atoms with Gasteiger partial charge in [0, 0.05) is 29.6 Å². The van der Waals surface area contributed by atoms with Crippen LogP contribution in [0.5, 0.6) is 0 Å². The molecule has 1 aliphatic heterocycles. The number of imide groups is 1. The minimum Gasteiger partial charge on any atom is -0.314 e. The predicted octanol–water partition coefficient (Wildman–Crippen LogP) is 5.16. The standard InChI is InChI=1S/C27H23F2N3O2/c1-4-31-26(34)32(24(33)17-27(31,3)21-12-13-30-18(2)14-21)25-22(28)15-20(16-23(25)29)11-10-19-8-6-5-7-9-19/h5-9,12-16H,4,17H2,1-3H3. The average Bonchev–Trinajstić information content (AvgIpc) is 2.80. The van der Waals surface area contributed by atoms with Crippen LogP contribution in [0.1, 0.15) is 42.7 Å². The number of hydrogen-bond donors (Lipinski definition) is 0. The molecule has 172 valence electrons. The summed E-state index contributed by atoms with van der Waals surface area (Å²) in [5, 5.41) is 0. The number of anilines is 1. The van der Waals surface area contributed by atoms with Crippen molar-refractivity contribution >= 4 is 17.6 Å². The van der Waals surface area contributed by atoms with Gasteiger partial charge in [0.1, 0.15) is 5.69 Å². The van der Waals surface area contributed by atoms with Gasteiger partial charge in [-0.2, -0.15) is 0 Å². The summed E-state index contributed by atoms with van der Waals surface area (Å²) in [6, 6.07) is 13.8. The van der Waals surface area contributed by atoms with Crippen LogP contribution in [-0.4, -0.2) is 28.4 Å². The number of urea groups is 1. The van der Waals surface area contributed by atoms with E-state index in [1.165, 1.54) is 4.90 Å². The fourth-order valence-corrected chi connectivity index (χ4v) is 4.27. The van der Waals surface area contributed by atoms with Gasteiger partial charge in [-0.1, -0.05) is 30.0 Å². The lowest BCUT2D eigenvalue weighted by Crippen LogP contribution is -2.61. The van der Waals surface area contributed by atoms with Crippen LogP contribution in [0, 0.1) is 30.4 Å². The molecule has 0 N–H and O–H groups in total. The molecule has 0 saturated carbocycles. The van der Waals surface area contributed by atoms with Crippen LogP contribution in [0.3, 0.4) is 0 Å². The van der Waals surface area contributed by atoms with Crippen molar-refractivity contribution in [3.63, 3.8) is 0 Å². The number of halogens is 2. The zero-order valence-electron chi connectivity index (χ0n) is 19.1. The zero-order chi connectivity index (χ0) is 24.5. The van der Waals surface area contributed by atoms with Crippen molar-refractivity contribution in [2.75, 3.05) is 11.4 Å². The quantitative estimate of drug-likeness (QED) is 0.509. The van der Waals surface area contributed by atoms with Crippen molar-refractivity contribution in [1.29, 1.82) is 0 Å². The van der Waals surface area contributed by atoms with Gasteiger partial charge in [-0.15, -0.1) is 0 Å². The van der Waals surface area contributed by atoms with Gasteiger partial charge in [-0.05, 0) is 62.7 Å². The van der Waals surface area contributed by atoms with Crippen molar-refractivity contribution in [2.45, 2.75) is 32.7 Å². The third kappa shape index (κ3) is 4.15. The maximum Gasteiger partial charge on any atom is 0.332 e. The molecule has 3 aromatic rings. The normalized spacial score (nSPS) is 18.0. The highest BCUT2D eigenvalue weighted by Gasteiger charge is 2.48. The van der Waals surface area contributed by atoms with Crippen molar-refractivity contribution in [3.05, 3.63) is 94.8 Å². The van der Waals surface area contributed by atoms with Crippen LogP contribution in [-0.2, 0) is 10.3 Å². The first kappa shape index (κ1) is 23.1. The zero-order valence-corrected chi connectivity index (χ0v) is 19.1. The van der Waals surface area contributed by atoms with Gasteiger partial charge >= 0.3 is 6.03 Å². The monoisotopic (exact) mass is 459 g/mol. The number of carbonyl (C=O) groups is 2. The summed E-state index contributed by atoms with van der Waals surface area (Å²) in [5.74, 6) is 2.81. The van der Waals surface area contributed by atoms with Gasteiger partial charge in [-0.25, -0.2) is 18.5 Å². The number of hydrogen-bond acceptors (Lipinski definition) is 3. The highest BCUT2D eigenvalue weighted by atomic mass is 19.1. The molecule has 2 aromatic carbocycles.